The molecule has 0 aliphatic heterocycles. The second-order valence-corrected chi connectivity index (χ2v) is 3.59. The third kappa shape index (κ3) is 2.33. The fourth-order valence-electron chi connectivity index (χ4n) is 1.05. The Morgan fingerprint density at radius 3 is 2.54 bits per heavy atom. The van der Waals surface area contributed by atoms with E-state index in [1.54, 1.807) is 7.05 Å². The van der Waals surface area contributed by atoms with Gasteiger partial charge in [-0.25, -0.2) is 4.39 Å². The van der Waals surface area contributed by atoms with E-state index in [1.807, 2.05) is 6.92 Å². The molecule has 13 heavy (non-hydrogen) atoms. The van der Waals surface area contributed by atoms with Gasteiger partial charge in [0, 0.05) is 6.04 Å². The molecule has 0 unspecified atom stereocenters. The van der Waals surface area contributed by atoms with Crippen LogP contribution >= 0.6 is 23.2 Å². The van der Waals surface area contributed by atoms with E-state index < -0.39 is 0 Å². The van der Waals surface area contributed by atoms with Crippen LogP contribution in [0.2, 0.25) is 10.0 Å². The fraction of sp³-hybridized carbons (Fsp3) is 0.333. The second kappa shape index (κ2) is 4.27. The highest BCUT2D eigenvalue weighted by molar-refractivity contribution is 6.42. The maximum atomic E-state index is 12.9. The van der Waals surface area contributed by atoms with Crippen molar-refractivity contribution in [3.8, 4) is 0 Å². The van der Waals surface area contributed by atoms with Crippen molar-refractivity contribution >= 4 is 23.2 Å². The van der Waals surface area contributed by atoms with Crippen molar-refractivity contribution in [1.82, 2.24) is 5.32 Å². The summed E-state index contributed by atoms with van der Waals surface area (Å²) in [6.07, 6.45) is 0. The molecule has 1 aromatic carbocycles. The topological polar surface area (TPSA) is 12.0 Å². The predicted molar refractivity (Wildman–Crippen MR) is 53.9 cm³/mol. The summed E-state index contributed by atoms with van der Waals surface area (Å²) >= 11 is 11.6. The number of benzene rings is 1. The quantitative estimate of drug-likeness (QED) is 0.756. The van der Waals surface area contributed by atoms with Crippen molar-refractivity contribution in [3.05, 3.63) is 33.6 Å². The highest BCUT2D eigenvalue weighted by Crippen LogP contribution is 2.30. The number of hydrogen-bond donors (Lipinski definition) is 1. The SMILES string of the molecule is CN[C@@H](C)c1cc(F)cc(Cl)c1Cl. The summed E-state index contributed by atoms with van der Waals surface area (Å²) in [5, 5.41) is 3.62. The van der Waals surface area contributed by atoms with Crippen LogP contribution < -0.4 is 5.32 Å². The molecule has 0 radical (unpaired) electrons. The maximum absolute atomic E-state index is 12.9. The molecule has 0 aliphatic rings. The second-order valence-electron chi connectivity index (χ2n) is 2.80. The Kier molecular flexibility index (Phi) is 3.54. The number of halogens is 3. The Balaban J connectivity index is 3.20. The van der Waals surface area contributed by atoms with Crippen LogP contribution in [-0.2, 0) is 0 Å². The lowest BCUT2D eigenvalue weighted by Gasteiger charge is -2.13. The first-order chi connectivity index (χ1) is 6.06. The van der Waals surface area contributed by atoms with Crippen molar-refractivity contribution in [2.45, 2.75) is 13.0 Å². The van der Waals surface area contributed by atoms with Crippen LogP contribution in [0.15, 0.2) is 12.1 Å². The van der Waals surface area contributed by atoms with Gasteiger partial charge in [-0.1, -0.05) is 23.2 Å². The first-order valence-corrected chi connectivity index (χ1v) is 4.63. The molecule has 1 nitrogen and oxygen atoms in total. The van der Waals surface area contributed by atoms with Gasteiger partial charge in [-0.05, 0) is 31.7 Å². The molecule has 1 atom stereocenters. The van der Waals surface area contributed by atoms with Gasteiger partial charge in [0.25, 0.3) is 0 Å². The minimum absolute atomic E-state index is 0.0132. The third-order valence-corrected chi connectivity index (χ3v) is 2.74. The van der Waals surface area contributed by atoms with Crippen LogP contribution in [0.1, 0.15) is 18.5 Å². The number of nitrogens with one attached hydrogen (secondary N) is 1. The molecule has 0 aliphatic carbocycles. The Morgan fingerprint density at radius 1 is 1.38 bits per heavy atom. The van der Waals surface area contributed by atoms with E-state index in [1.165, 1.54) is 12.1 Å². The van der Waals surface area contributed by atoms with Gasteiger partial charge in [0.1, 0.15) is 5.82 Å². The van der Waals surface area contributed by atoms with Crippen LogP contribution in [0.3, 0.4) is 0 Å². The Hall–Kier alpha value is -0.310. The molecule has 0 saturated carbocycles. The highest BCUT2D eigenvalue weighted by Gasteiger charge is 2.12. The van der Waals surface area contributed by atoms with Gasteiger partial charge in [-0.15, -0.1) is 0 Å². The molecule has 0 amide bonds. The standard InChI is InChI=1S/C9H10Cl2FN/c1-5(13-2)7-3-6(12)4-8(10)9(7)11/h3-5,13H,1-2H3/t5-/m0/s1. The molecule has 0 saturated heterocycles. The summed E-state index contributed by atoms with van der Waals surface area (Å²) in [4.78, 5) is 0. The van der Waals surface area contributed by atoms with Crippen LogP contribution in [-0.4, -0.2) is 7.05 Å². The number of rotatable bonds is 2. The normalized spacial score (nSPS) is 13.0. The van der Waals surface area contributed by atoms with Gasteiger partial charge < -0.3 is 5.32 Å². The summed E-state index contributed by atoms with van der Waals surface area (Å²) in [6, 6.07) is 2.58. The van der Waals surface area contributed by atoms with E-state index in [0.717, 1.165) is 0 Å². The largest absolute Gasteiger partial charge is 0.313 e. The first-order valence-electron chi connectivity index (χ1n) is 3.88. The van der Waals surface area contributed by atoms with E-state index >= 15 is 0 Å². The van der Waals surface area contributed by atoms with E-state index in [2.05, 4.69) is 5.32 Å². The zero-order chi connectivity index (χ0) is 10.0. The molecule has 72 valence electrons. The van der Waals surface area contributed by atoms with Crippen molar-refractivity contribution in [1.29, 1.82) is 0 Å². The summed E-state index contributed by atoms with van der Waals surface area (Å²) in [7, 11) is 1.78. The van der Waals surface area contributed by atoms with Crippen molar-refractivity contribution in [2.24, 2.45) is 0 Å². The molecule has 0 aromatic heterocycles. The van der Waals surface area contributed by atoms with Crippen molar-refractivity contribution in [2.75, 3.05) is 7.05 Å². The number of hydrogen-bond acceptors (Lipinski definition) is 1. The molecule has 1 aromatic rings. The predicted octanol–water partition coefficient (Wildman–Crippen LogP) is 3.41. The lowest BCUT2D eigenvalue weighted by Crippen LogP contribution is -2.13. The van der Waals surface area contributed by atoms with Gasteiger partial charge >= 0.3 is 0 Å². The van der Waals surface area contributed by atoms with Gasteiger partial charge in [0.15, 0.2) is 0 Å². The summed E-state index contributed by atoms with van der Waals surface area (Å²) < 4.78 is 12.9. The Labute approximate surface area is 86.8 Å². The summed E-state index contributed by atoms with van der Waals surface area (Å²) in [6.45, 7) is 1.89. The molecular formula is C9H10Cl2FN. The minimum Gasteiger partial charge on any atom is -0.313 e. The molecule has 4 heteroatoms. The minimum atomic E-state index is -0.369. The van der Waals surface area contributed by atoms with Crippen LogP contribution in [0.5, 0.6) is 0 Å². The average molecular weight is 222 g/mol. The summed E-state index contributed by atoms with van der Waals surface area (Å²) in [5.41, 5.74) is 0.675. The van der Waals surface area contributed by atoms with E-state index in [4.69, 9.17) is 23.2 Å². The zero-order valence-corrected chi connectivity index (χ0v) is 8.88. The van der Waals surface area contributed by atoms with Gasteiger partial charge in [-0.3, -0.25) is 0 Å². The molecular weight excluding hydrogens is 212 g/mol. The summed E-state index contributed by atoms with van der Waals surface area (Å²) in [5.74, 6) is -0.369. The zero-order valence-electron chi connectivity index (χ0n) is 7.37. The molecule has 0 fully saturated rings. The van der Waals surface area contributed by atoms with Crippen LogP contribution in [0, 0.1) is 5.82 Å². The van der Waals surface area contributed by atoms with Crippen LogP contribution in [0.25, 0.3) is 0 Å². The first kappa shape index (κ1) is 10.8. The third-order valence-electron chi connectivity index (χ3n) is 1.92. The van der Waals surface area contributed by atoms with Gasteiger partial charge in [0.2, 0.25) is 0 Å². The van der Waals surface area contributed by atoms with Gasteiger partial charge in [0.05, 0.1) is 10.0 Å². The highest BCUT2D eigenvalue weighted by atomic mass is 35.5. The molecule has 0 heterocycles. The van der Waals surface area contributed by atoms with E-state index in [9.17, 15) is 4.39 Å². The van der Waals surface area contributed by atoms with E-state index in [0.29, 0.717) is 10.6 Å². The fourth-order valence-corrected chi connectivity index (χ4v) is 1.53. The van der Waals surface area contributed by atoms with E-state index in [-0.39, 0.29) is 16.9 Å². The monoisotopic (exact) mass is 221 g/mol. The lowest BCUT2D eigenvalue weighted by atomic mass is 10.1. The molecule has 0 spiro atoms. The smallest absolute Gasteiger partial charge is 0.125 e. The van der Waals surface area contributed by atoms with Crippen LogP contribution in [0.4, 0.5) is 4.39 Å². The van der Waals surface area contributed by atoms with Crippen molar-refractivity contribution in [3.63, 3.8) is 0 Å². The Morgan fingerprint density at radius 2 is 2.00 bits per heavy atom. The van der Waals surface area contributed by atoms with Crippen molar-refractivity contribution < 1.29 is 4.39 Å². The Bertz CT molecular complexity index is 315. The molecule has 0 bridgehead atoms. The lowest BCUT2D eigenvalue weighted by molar-refractivity contribution is 0.609. The van der Waals surface area contributed by atoms with Gasteiger partial charge in [-0.2, -0.15) is 0 Å². The maximum Gasteiger partial charge on any atom is 0.125 e. The average Bonchev–Trinajstić information content (AvgIpc) is 2.10. The molecule has 1 rings (SSSR count). The molecule has 1 N–H and O–H groups in total.